The number of carbonyl (C=O) groups excluding carboxylic acids is 3. The Labute approximate surface area is 188 Å². The summed E-state index contributed by atoms with van der Waals surface area (Å²) in [6, 6.07) is 14.0. The molecule has 0 saturated carbocycles. The highest BCUT2D eigenvalue weighted by molar-refractivity contribution is 5.90. The van der Waals surface area contributed by atoms with E-state index >= 15 is 0 Å². The number of rotatable bonds is 8. The van der Waals surface area contributed by atoms with E-state index < -0.39 is 18.2 Å². The predicted molar refractivity (Wildman–Crippen MR) is 122 cm³/mol. The van der Waals surface area contributed by atoms with Gasteiger partial charge in [-0.15, -0.1) is 0 Å². The van der Waals surface area contributed by atoms with Crippen LogP contribution in [0.1, 0.15) is 29.7 Å². The maximum Gasteiger partial charge on any atom is 0.411 e. The van der Waals surface area contributed by atoms with Crippen molar-refractivity contribution in [3.05, 3.63) is 65.2 Å². The van der Waals surface area contributed by atoms with Crippen LogP contribution in [0.25, 0.3) is 0 Å². The maximum atomic E-state index is 13.2. The molecule has 170 valence electrons. The van der Waals surface area contributed by atoms with E-state index in [-0.39, 0.29) is 18.4 Å². The Hall–Kier alpha value is -3.39. The first-order valence-electron chi connectivity index (χ1n) is 10.6. The normalized spacial score (nSPS) is 17.9. The molecule has 1 heterocycles. The van der Waals surface area contributed by atoms with Gasteiger partial charge in [0.15, 0.2) is 12.1 Å². The Bertz CT molecular complexity index is 974. The molecule has 0 spiro atoms. The van der Waals surface area contributed by atoms with E-state index in [2.05, 4.69) is 10.6 Å². The predicted octanol–water partition coefficient (Wildman–Crippen LogP) is 2.69. The molecule has 3 amide bonds. The molecular formula is C24H30N4O4. The summed E-state index contributed by atoms with van der Waals surface area (Å²) < 4.78 is 5.67. The Morgan fingerprint density at radius 1 is 1.12 bits per heavy atom. The molecule has 2 aromatic carbocycles. The van der Waals surface area contributed by atoms with E-state index in [1.807, 2.05) is 50.2 Å². The van der Waals surface area contributed by atoms with Gasteiger partial charge in [-0.05, 0) is 44.3 Å². The third kappa shape index (κ3) is 5.85. The van der Waals surface area contributed by atoms with E-state index in [0.29, 0.717) is 24.3 Å². The zero-order chi connectivity index (χ0) is 23.3. The molecule has 0 radical (unpaired) electrons. The lowest BCUT2D eigenvalue weighted by Crippen LogP contribution is -2.47. The van der Waals surface area contributed by atoms with E-state index in [0.717, 1.165) is 11.1 Å². The highest BCUT2D eigenvalue weighted by atomic mass is 16.6. The van der Waals surface area contributed by atoms with E-state index in [4.69, 9.17) is 4.74 Å². The van der Waals surface area contributed by atoms with Crippen LogP contribution in [0.15, 0.2) is 48.5 Å². The van der Waals surface area contributed by atoms with Crippen LogP contribution in [-0.4, -0.2) is 60.9 Å². The van der Waals surface area contributed by atoms with Gasteiger partial charge in [0.2, 0.25) is 11.8 Å². The quantitative estimate of drug-likeness (QED) is 0.661. The van der Waals surface area contributed by atoms with Gasteiger partial charge in [0.05, 0.1) is 6.54 Å². The second-order valence-electron chi connectivity index (χ2n) is 8.26. The molecule has 8 nitrogen and oxygen atoms in total. The Kier molecular flexibility index (Phi) is 7.48. The van der Waals surface area contributed by atoms with Crippen molar-refractivity contribution >= 4 is 23.6 Å². The highest BCUT2D eigenvalue weighted by Crippen LogP contribution is 2.34. The van der Waals surface area contributed by atoms with E-state index in [1.54, 1.807) is 24.3 Å². The zero-order valence-electron chi connectivity index (χ0n) is 18.9. The number of benzene rings is 2. The fourth-order valence-electron chi connectivity index (χ4n) is 3.68. The van der Waals surface area contributed by atoms with Gasteiger partial charge in [-0.1, -0.05) is 42.0 Å². The molecule has 8 heteroatoms. The number of aryl methyl sites for hydroxylation is 1. The van der Waals surface area contributed by atoms with Crippen molar-refractivity contribution in [1.82, 2.24) is 15.1 Å². The Morgan fingerprint density at radius 3 is 2.47 bits per heavy atom. The summed E-state index contributed by atoms with van der Waals surface area (Å²) in [4.78, 5) is 40.7. The molecule has 2 unspecified atom stereocenters. The number of hydrogen-bond acceptors (Lipinski definition) is 5. The summed E-state index contributed by atoms with van der Waals surface area (Å²) in [6.45, 7) is 4.83. The number of cyclic esters (lactones) is 1. The van der Waals surface area contributed by atoms with Crippen LogP contribution < -0.4 is 10.6 Å². The van der Waals surface area contributed by atoms with Crippen LogP contribution in [0.2, 0.25) is 0 Å². The Morgan fingerprint density at radius 2 is 1.84 bits per heavy atom. The first-order chi connectivity index (χ1) is 15.2. The summed E-state index contributed by atoms with van der Waals surface area (Å²) in [5.41, 5.74) is 3.32. The van der Waals surface area contributed by atoms with Crippen LogP contribution in [0.3, 0.4) is 0 Å². The molecule has 0 aromatic heterocycles. The number of amides is 3. The van der Waals surface area contributed by atoms with Crippen LogP contribution in [0.5, 0.6) is 0 Å². The summed E-state index contributed by atoms with van der Waals surface area (Å²) in [5.74, 6) is -0.436. The number of hydrogen-bond donors (Lipinski definition) is 2. The van der Waals surface area contributed by atoms with Gasteiger partial charge in [-0.2, -0.15) is 0 Å². The van der Waals surface area contributed by atoms with Gasteiger partial charge < -0.3 is 20.3 Å². The topological polar surface area (TPSA) is 91.0 Å². The summed E-state index contributed by atoms with van der Waals surface area (Å²) in [6.07, 6.45) is -1.28. The number of nitrogens with one attached hydrogen (secondary N) is 2. The summed E-state index contributed by atoms with van der Waals surface area (Å²) >= 11 is 0. The number of ether oxygens (including phenoxy) is 1. The zero-order valence-corrected chi connectivity index (χ0v) is 18.9. The molecule has 0 bridgehead atoms. The van der Waals surface area contributed by atoms with Gasteiger partial charge in [0.25, 0.3) is 0 Å². The van der Waals surface area contributed by atoms with Crippen LogP contribution in [-0.2, 0) is 20.9 Å². The van der Waals surface area contributed by atoms with Crippen molar-refractivity contribution in [2.24, 2.45) is 0 Å². The fourth-order valence-corrected chi connectivity index (χ4v) is 3.68. The van der Waals surface area contributed by atoms with Crippen LogP contribution >= 0.6 is 0 Å². The van der Waals surface area contributed by atoms with E-state index in [1.165, 1.54) is 11.8 Å². The lowest BCUT2D eigenvalue weighted by Gasteiger charge is -2.24. The highest BCUT2D eigenvalue weighted by Gasteiger charge is 2.46. The third-order valence-electron chi connectivity index (χ3n) is 5.21. The number of anilines is 1. The van der Waals surface area contributed by atoms with E-state index in [9.17, 15) is 14.4 Å². The molecule has 1 fully saturated rings. The van der Waals surface area contributed by atoms with Crippen molar-refractivity contribution in [2.45, 2.75) is 32.5 Å². The average Bonchev–Trinajstić information content (AvgIpc) is 3.04. The number of nitrogens with zero attached hydrogens (tertiary/aromatic N) is 2. The lowest BCUT2D eigenvalue weighted by atomic mass is 10.00. The monoisotopic (exact) mass is 438 g/mol. The minimum atomic E-state index is -0.809. The molecule has 2 aromatic rings. The van der Waals surface area contributed by atoms with Crippen LogP contribution in [0.4, 0.5) is 10.5 Å². The van der Waals surface area contributed by atoms with Crippen LogP contribution in [0, 0.1) is 6.92 Å². The second kappa shape index (κ2) is 10.3. The van der Waals surface area contributed by atoms with Crippen molar-refractivity contribution in [2.75, 3.05) is 32.5 Å². The third-order valence-corrected chi connectivity index (χ3v) is 5.21. The molecule has 1 aliphatic rings. The van der Waals surface area contributed by atoms with Crippen molar-refractivity contribution < 1.29 is 19.1 Å². The Balaban J connectivity index is 1.86. The number of carbonyl (C=O) groups is 3. The van der Waals surface area contributed by atoms with Crippen molar-refractivity contribution in [1.29, 1.82) is 0 Å². The second-order valence-corrected chi connectivity index (χ2v) is 8.26. The molecule has 3 rings (SSSR count). The van der Waals surface area contributed by atoms with Crippen molar-refractivity contribution in [3.8, 4) is 0 Å². The largest absolute Gasteiger partial charge is 0.438 e. The minimum absolute atomic E-state index is 0.174. The van der Waals surface area contributed by atoms with Crippen molar-refractivity contribution in [3.63, 3.8) is 0 Å². The average molecular weight is 439 g/mol. The molecule has 0 aliphatic carbocycles. The smallest absolute Gasteiger partial charge is 0.411 e. The number of likely N-dealkylation sites (N-methyl/N-ethyl adjacent to an activating group) is 1. The maximum absolute atomic E-state index is 13.2. The van der Waals surface area contributed by atoms with Gasteiger partial charge >= 0.3 is 6.09 Å². The molecular weight excluding hydrogens is 408 g/mol. The van der Waals surface area contributed by atoms with Gasteiger partial charge in [-0.3, -0.25) is 14.5 Å². The summed E-state index contributed by atoms with van der Waals surface area (Å²) in [7, 11) is 3.86. The molecule has 32 heavy (non-hydrogen) atoms. The molecule has 1 aliphatic heterocycles. The van der Waals surface area contributed by atoms with Gasteiger partial charge in [-0.25, -0.2) is 4.79 Å². The first-order valence-corrected chi connectivity index (χ1v) is 10.6. The molecule has 1 saturated heterocycles. The van der Waals surface area contributed by atoms with Gasteiger partial charge in [0, 0.05) is 25.7 Å². The molecule has 2 N–H and O–H groups in total. The lowest BCUT2D eigenvalue weighted by molar-refractivity contribution is -0.126. The van der Waals surface area contributed by atoms with Gasteiger partial charge in [0.1, 0.15) is 0 Å². The SMILES string of the molecule is CC(=O)Nc1ccc(C2OC(=O)N(Cc3cccc(C)c3)C2C(=O)NCCN(C)C)cc1. The summed E-state index contributed by atoms with van der Waals surface area (Å²) in [5, 5.41) is 5.64. The standard InChI is InChI=1S/C24H30N4O4/c1-16-6-5-7-18(14-16)15-28-21(23(30)25-12-13-27(3)4)22(32-24(28)31)19-8-10-20(11-9-19)26-17(2)29/h5-11,14,21-22H,12-13,15H2,1-4H3,(H,25,30)(H,26,29). The fraction of sp³-hybridized carbons (Fsp3) is 0.375. The molecule has 2 atom stereocenters. The minimum Gasteiger partial charge on any atom is -0.438 e. The first kappa shape index (κ1) is 23.3.